The minimum absolute atomic E-state index is 0.207. The van der Waals surface area contributed by atoms with Crippen LogP contribution in [0.25, 0.3) is 0 Å². The molecule has 0 unspecified atom stereocenters. The zero-order valence-corrected chi connectivity index (χ0v) is 9.47. The van der Waals surface area contributed by atoms with Crippen LogP contribution in [0, 0.1) is 0 Å². The lowest BCUT2D eigenvalue weighted by Gasteiger charge is -2.21. The summed E-state index contributed by atoms with van der Waals surface area (Å²) in [4.78, 5) is 0. The van der Waals surface area contributed by atoms with Crippen LogP contribution in [0.3, 0.4) is 0 Å². The molecule has 16 heavy (non-hydrogen) atoms. The fraction of sp³-hybridized carbons (Fsp3) is 1.00. The smallest absolute Gasteiger partial charge is 0.277 e. The van der Waals surface area contributed by atoms with Gasteiger partial charge in [0.25, 0.3) is 0 Å². The third-order valence-electron chi connectivity index (χ3n) is 1.68. The predicted molar refractivity (Wildman–Crippen MR) is 46.2 cm³/mol. The molecule has 0 aromatic carbocycles. The highest BCUT2D eigenvalue weighted by Gasteiger charge is 2.48. The topological polar surface area (TPSA) is 51.2 Å². The molecule has 0 aliphatic carbocycles. The molecule has 0 saturated heterocycles. The molecule has 0 rings (SSSR count). The SMILES string of the molecule is C[SH](=O)(CCS(=O)(=O)C(F)(F)F)C(F)(F)F. The van der Waals surface area contributed by atoms with Crippen molar-refractivity contribution in [3.05, 3.63) is 0 Å². The Kier molecular flexibility index (Phi) is 4.08. The van der Waals surface area contributed by atoms with Crippen LogP contribution < -0.4 is 0 Å². The standard InChI is InChI=1S/C5H8F6O3S2/c1-15(12,4(6,7)8)2-3-16(13,14)5(9,10)11/h15H,2-3H2,1H3. The van der Waals surface area contributed by atoms with Crippen molar-refractivity contribution in [2.24, 2.45) is 0 Å². The maximum absolute atomic E-state index is 12.0. The summed E-state index contributed by atoms with van der Waals surface area (Å²) in [7, 11) is -10.6. The van der Waals surface area contributed by atoms with Crippen molar-refractivity contribution in [2.75, 3.05) is 17.8 Å². The third kappa shape index (κ3) is 3.61. The van der Waals surface area contributed by atoms with Gasteiger partial charge in [-0.25, -0.2) is 8.42 Å². The van der Waals surface area contributed by atoms with E-state index in [0.717, 1.165) is 0 Å². The van der Waals surface area contributed by atoms with Gasteiger partial charge in [0.15, 0.2) is 0 Å². The van der Waals surface area contributed by atoms with Crippen LogP contribution in [0.1, 0.15) is 0 Å². The molecule has 0 amide bonds. The highest BCUT2D eigenvalue weighted by Crippen LogP contribution is 2.30. The van der Waals surface area contributed by atoms with Crippen LogP contribution in [-0.2, 0) is 19.8 Å². The van der Waals surface area contributed by atoms with E-state index in [0.29, 0.717) is 0 Å². The first-order valence-electron chi connectivity index (χ1n) is 3.63. The molecule has 0 aromatic heterocycles. The van der Waals surface area contributed by atoms with Crippen LogP contribution in [0.15, 0.2) is 0 Å². The van der Waals surface area contributed by atoms with Crippen LogP contribution in [-0.4, -0.2) is 41.4 Å². The Morgan fingerprint density at radius 3 is 1.69 bits per heavy atom. The lowest BCUT2D eigenvalue weighted by atomic mass is 11.0. The fourth-order valence-corrected chi connectivity index (χ4v) is 3.38. The van der Waals surface area contributed by atoms with Gasteiger partial charge in [0.2, 0.25) is 9.84 Å². The molecule has 0 atom stereocenters. The van der Waals surface area contributed by atoms with Gasteiger partial charge in [-0.05, 0) is 16.2 Å². The van der Waals surface area contributed by atoms with Gasteiger partial charge in [0.1, 0.15) is 0 Å². The molecule has 0 bridgehead atoms. The van der Waals surface area contributed by atoms with Crippen molar-refractivity contribution in [3.63, 3.8) is 0 Å². The van der Waals surface area contributed by atoms with Crippen molar-refractivity contribution in [3.8, 4) is 0 Å². The van der Waals surface area contributed by atoms with Crippen LogP contribution in [0.5, 0.6) is 0 Å². The van der Waals surface area contributed by atoms with E-state index in [1.807, 2.05) is 0 Å². The number of alkyl halides is 6. The third-order valence-corrected chi connectivity index (χ3v) is 5.57. The molecule has 11 heteroatoms. The first kappa shape index (κ1) is 15.7. The van der Waals surface area contributed by atoms with E-state index >= 15 is 0 Å². The van der Waals surface area contributed by atoms with Crippen LogP contribution >= 0.6 is 0 Å². The predicted octanol–water partition coefficient (Wildman–Crippen LogP) is 1.09. The minimum atomic E-state index is -5.66. The molecule has 0 fully saturated rings. The molecule has 3 nitrogen and oxygen atoms in total. The molecule has 0 N–H and O–H groups in total. The Bertz CT molecular complexity index is 391. The van der Waals surface area contributed by atoms with E-state index < -0.39 is 42.3 Å². The van der Waals surface area contributed by atoms with Gasteiger partial charge in [0, 0.05) is 5.75 Å². The van der Waals surface area contributed by atoms with E-state index in [-0.39, 0.29) is 6.26 Å². The lowest BCUT2D eigenvalue weighted by Crippen LogP contribution is -2.38. The zero-order valence-electron chi connectivity index (χ0n) is 7.76. The second-order valence-electron chi connectivity index (χ2n) is 3.06. The van der Waals surface area contributed by atoms with Gasteiger partial charge in [-0.15, -0.1) is 0 Å². The van der Waals surface area contributed by atoms with E-state index in [2.05, 4.69) is 0 Å². The van der Waals surface area contributed by atoms with Gasteiger partial charge < -0.3 is 0 Å². The second-order valence-corrected chi connectivity index (χ2v) is 8.31. The Hall–Kier alpha value is -0.320. The summed E-state index contributed by atoms with van der Waals surface area (Å²) in [5.74, 6) is -3.40. The van der Waals surface area contributed by atoms with Crippen LogP contribution in [0.2, 0.25) is 0 Å². The quantitative estimate of drug-likeness (QED) is 0.626. The largest absolute Gasteiger partial charge is 0.497 e. The molecule has 0 heterocycles. The second kappa shape index (κ2) is 4.17. The summed E-state index contributed by atoms with van der Waals surface area (Å²) in [6, 6.07) is 0. The van der Waals surface area contributed by atoms with Crippen molar-refractivity contribution in [2.45, 2.75) is 11.0 Å². The van der Waals surface area contributed by atoms with Gasteiger partial charge >= 0.3 is 11.0 Å². The average Bonchev–Trinajstić information content (AvgIpc) is 1.97. The lowest BCUT2D eigenvalue weighted by molar-refractivity contribution is -0.0444. The first-order chi connectivity index (χ1) is 6.71. The summed E-state index contributed by atoms with van der Waals surface area (Å²) >= 11 is 0. The minimum Gasteiger partial charge on any atom is -0.277 e. The Morgan fingerprint density at radius 1 is 1.06 bits per heavy atom. The molecule has 0 saturated carbocycles. The molecular weight excluding hydrogens is 286 g/mol. The molecule has 0 aliphatic heterocycles. The monoisotopic (exact) mass is 294 g/mol. The van der Waals surface area contributed by atoms with E-state index in [9.17, 15) is 39.0 Å². The normalized spacial score (nSPS) is 16.2. The maximum atomic E-state index is 12.0. The van der Waals surface area contributed by atoms with Gasteiger partial charge in [-0.2, -0.15) is 26.3 Å². The highest BCUT2D eigenvalue weighted by atomic mass is 32.2. The van der Waals surface area contributed by atoms with E-state index in [1.165, 1.54) is 0 Å². The summed E-state index contributed by atoms with van der Waals surface area (Å²) in [5.41, 5.74) is -10.8. The molecule has 0 aromatic rings. The highest BCUT2D eigenvalue weighted by molar-refractivity contribution is 8.04. The number of thiol groups is 1. The van der Waals surface area contributed by atoms with Crippen molar-refractivity contribution < 1.29 is 39.0 Å². The molecule has 0 radical (unpaired) electrons. The van der Waals surface area contributed by atoms with E-state index in [4.69, 9.17) is 0 Å². The average molecular weight is 294 g/mol. The maximum Gasteiger partial charge on any atom is 0.497 e. The zero-order chi connectivity index (χ0) is 13.4. The molecule has 100 valence electrons. The first-order valence-corrected chi connectivity index (χ1v) is 7.62. The fourth-order valence-electron chi connectivity index (χ4n) is 0.537. The van der Waals surface area contributed by atoms with Gasteiger partial charge in [0.05, 0.1) is 5.75 Å². The van der Waals surface area contributed by atoms with Crippen molar-refractivity contribution in [1.82, 2.24) is 0 Å². The Morgan fingerprint density at radius 2 is 1.44 bits per heavy atom. The molecule has 0 spiro atoms. The van der Waals surface area contributed by atoms with Crippen molar-refractivity contribution in [1.29, 1.82) is 0 Å². The van der Waals surface area contributed by atoms with Crippen LogP contribution in [0.4, 0.5) is 26.3 Å². The molecular formula is C5H8F6O3S2. The summed E-state index contributed by atoms with van der Waals surface area (Å²) in [6.07, 6.45) is 0.207. The Labute approximate surface area is 88.2 Å². The number of hydrogen-bond acceptors (Lipinski definition) is 3. The number of halogens is 6. The number of sulfone groups is 1. The summed E-state index contributed by atoms with van der Waals surface area (Å²) in [6.45, 7) is 0. The number of hydrogen-bond donors (Lipinski definition) is 1. The van der Waals surface area contributed by atoms with Crippen molar-refractivity contribution >= 4 is 19.8 Å². The molecule has 0 aliphatic rings. The Balaban J connectivity index is 4.81. The number of rotatable bonds is 3. The van der Waals surface area contributed by atoms with Gasteiger partial charge in [-0.3, -0.25) is 4.21 Å². The van der Waals surface area contributed by atoms with Gasteiger partial charge in [-0.1, -0.05) is 0 Å². The summed E-state index contributed by atoms with van der Waals surface area (Å²) < 4.78 is 103. The van der Waals surface area contributed by atoms with E-state index in [1.54, 1.807) is 0 Å². The summed E-state index contributed by atoms with van der Waals surface area (Å²) in [5, 5.41) is 0.